The van der Waals surface area contributed by atoms with E-state index in [2.05, 4.69) is 10.4 Å². The molecule has 0 saturated heterocycles. The number of fused-ring (bicyclic) bond motifs is 4. The van der Waals surface area contributed by atoms with E-state index in [9.17, 15) is 9.59 Å². The van der Waals surface area contributed by atoms with Crippen molar-refractivity contribution in [1.29, 1.82) is 0 Å². The Labute approximate surface area is 183 Å². The molecule has 0 aliphatic carbocycles. The van der Waals surface area contributed by atoms with Gasteiger partial charge in [0.05, 0.1) is 17.8 Å². The number of benzene rings is 1. The molecule has 5 rings (SSSR count). The lowest BCUT2D eigenvalue weighted by Crippen LogP contribution is -2.39. The molecule has 9 heteroatoms. The Morgan fingerprint density at radius 1 is 1.12 bits per heavy atom. The first kappa shape index (κ1) is 20.2. The largest absolute Gasteiger partial charge is 0.486 e. The fourth-order valence-corrected chi connectivity index (χ4v) is 4.04. The molecule has 0 unspecified atom stereocenters. The number of hydrogen-bond acceptors (Lipinski definition) is 6. The zero-order valence-corrected chi connectivity index (χ0v) is 18.1. The first-order chi connectivity index (χ1) is 15.5. The average molecular weight is 436 g/mol. The molecule has 1 amide bonds. The molecule has 166 valence electrons. The number of carbonyl (C=O) groups excluding carboxylic acids is 1. The van der Waals surface area contributed by atoms with E-state index in [-0.39, 0.29) is 17.5 Å². The molecule has 1 aromatic carbocycles. The fourth-order valence-electron chi connectivity index (χ4n) is 4.04. The van der Waals surface area contributed by atoms with E-state index in [1.165, 1.54) is 4.68 Å². The van der Waals surface area contributed by atoms with Crippen LogP contribution in [0.3, 0.4) is 0 Å². The molecule has 0 spiro atoms. The Kier molecular flexibility index (Phi) is 4.88. The minimum absolute atomic E-state index is 0.290. The molecule has 0 fully saturated rings. The SMILES string of the molecule is CCc1nn([C@H](C)C(=O)N[C@@H](C)c2ccc3c(c2)OCCO3)c(=O)c2cc3occc3n12. The van der Waals surface area contributed by atoms with E-state index in [1.807, 2.05) is 32.0 Å². The van der Waals surface area contributed by atoms with Crippen LogP contribution in [0.25, 0.3) is 16.6 Å². The Hall–Kier alpha value is -3.75. The second-order valence-electron chi connectivity index (χ2n) is 7.86. The third kappa shape index (κ3) is 3.21. The lowest BCUT2D eigenvalue weighted by atomic mass is 10.1. The first-order valence-corrected chi connectivity index (χ1v) is 10.7. The zero-order valence-electron chi connectivity index (χ0n) is 18.1. The van der Waals surface area contributed by atoms with Gasteiger partial charge in [-0.3, -0.25) is 14.0 Å². The summed E-state index contributed by atoms with van der Waals surface area (Å²) in [7, 11) is 0. The molecule has 1 aliphatic rings. The van der Waals surface area contributed by atoms with Gasteiger partial charge in [0.25, 0.3) is 5.56 Å². The summed E-state index contributed by atoms with van der Waals surface area (Å²) in [6, 6.07) is 8.01. The third-order valence-corrected chi connectivity index (χ3v) is 5.82. The Morgan fingerprint density at radius 2 is 1.91 bits per heavy atom. The van der Waals surface area contributed by atoms with Crippen LogP contribution in [0.2, 0.25) is 0 Å². The van der Waals surface area contributed by atoms with Crippen LogP contribution in [0.5, 0.6) is 11.5 Å². The smallest absolute Gasteiger partial charge is 0.291 e. The van der Waals surface area contributed by atoms with Crippen molar-refractivity contribution in [2.45, 2.75) is 39.3 Å². The van der Waals surface area contributed by atoms with Crippen LogP contribution in [-0.2, 0) is 11.2 Å². The molecule has 1 aliphatic heterocycles. The predicted octanol–water partition coefficient (Wildman–Crippen LogP) is 3.01. The minimum atomic E-state index is -0.793. The van der Waals surface area contributed by atoms with Crippen molar-refractivity contribution < 1.29 is 18.7 Å². The van der Waals surface area contributed by atoms with Crippen molar-refractivity contribution in [1.82, 2.24) is 19.5 Å². The average Bonchev–Trinajstić information content (AvgIpc) is 3.41. The van der Waals surface area contributed by atoms with Crippen LogP contribution in [0.15, 0.2) is 45.8 Å². The van der Waals surface area contributed by atoms with Crippen LogP contribution in [0.1, 0.15) is 44.2 Å². The molecule has 32 heavy (non-hydrogen) atoms. The molecule has 3 aromatic heterocycles. The van der Waals surface area contributed by atoms with Gasteiger partial charge in [-0.1, -0.05) is 13.0 Å². The number of nitrogens with one attached hydrogen (secondary N) is 1. The third-order valence-electron chi connectivity index (χ3n) is 5.82. The van der Waals surface area contributed by atoms with Gasteiger partial charge in [-0.2, -0.15) is 5.10 Å². The van der Waals surface area contributed by atoms with Gasteiger partial charge in [0.15, 0.2) is 17.1 Å². The van der Waals surface area contributed by atoms with Gasteiger partial charge in [0, 0.05) is 18.6 Å². The molecule has 0 bridgehead atoms. The van der Waals surface area contributed by atoms with E-state index in [1.54, 1.807) is 29.7 Å². The molecule has 1 N–H and O–H groups in total. The van der Waals surface area contributed by atoms with Crippen molar-refractivity contribution in [2.75, 3.05) is 13.2 Å². The minimum Gasteiger partial charge on any atom is -0.486 e. The molecular weight excluding hydrogens is 412 g/mol. The summed E-state index contributed by atoms with van der Waals surface area (Å²) in [6.45, 7) is 6.53. The lowest BCUT2D eigenvalue weighted by Gasteiger charge is -2.22. The van der Waals surface area contributed by atoms with E-state index < -0.39 is 6.04 Å². The topological polar surface area (TPSA) is 100 Å². The number of nitrogens with zero attached hydrogens (tertiary/aromatic N) is 3. The fraction of sp³-hybridized carbons (Fsp3) is 0.348. The Bertz CT molecular complexity index is 1380. The van der Waals surface area contributed by atoms with Gasteiger partial charge in [-0.05, 0) is 31.5 Å². The number of furan rings is 1. The maximum atomic E-state index is 13.2. The highest BCUT2D eigenvalue weighted by molar-refractivity contribution is 5.83. The first-order valence-electron chi connectivity index (χ1n) is 10.7. The summed E-state index contributed by atoms with van der Waals surface area (Å²) in [5, 5.41) is 7.48. The normalized spacial score (nSPS) is 15.1. The van der Waals surface area contributed by atoms with E-state index in [0.29, 0.717) is 48.1 Å². The quantitative estimate of drug-likeness (QED) is 0.516. The standard InChI is InChI=1S/C23H24N4O5/c1-4-21-25-27(23(29)17-12-19-16(26(17)21)7-8-30-19)14(3)22(28)24-13(2)15-5-6-18-20(11-15)32-10-9-31-18/h5-8,11-14H,4,9-10H2,1-3H3,(H,24,28)/t13-,14+/m0/s1. The monoisotopic (exact) mass is 436 g/mol. The van der Waals surface area contributed by atoms with Gasteiger partial charge >= 0.3 is 0 Å². The summed E-state index contributed by atoms with van der Waals surface area (Å²) in [5.41, 5.74) is 2.37. The molecular formula is C23H24N4O5. The molecule has 4 aromatic rings. The lowest BCUT2D eigenvalue weighted by molar-refractivity contribution is -0.124. The van der Waals surface area contributed by atoms with Crippen molar-refractivity contribution in [2.24, 2.45) is 0 Å². The second-order valence-corrected chi connectivity index (χ2v) is 7.86. The summed E-state index contributed by atoms with van der Waals surface area (Å²) < 4.78 is 19.7. The maximum absolute atomic E-state index is 13.2. The summed E-state index contributed by atoms with van der Waals surface area (Å²) in [5.74, 6) is 1.73. The van der Waals surface area contributed by atoms with Crippen molar-refractivity contribution in [3.05, 3.63) is 58.3 Å². The van der Waals surface area contributed by atoms with Crippen LogP contribution in [0, 0.1) is 0 Å². The molecule has 9 nitrogen and oxygen atoms in total. The van der Waals surface area contributed by atoms with Gasteiger partial charge in [-0.25, -0.2) is 4.68 Å². The van der Waals surface area contributed by atoms with Crippen molar-refractivity contribution >= 4 is 22.5 Å². The Balaban J connectivity index is 1.43. The number of rotatable bonds is 5. The van der Waals surface area contributed by atoms with Gasteiger partial charge in [-0.15, -0.1) is 0 Å². The molecule has 0 saturated carbocycles. The molecule has 2 atom stereocenters. The maximum Gasteiger partial charge on any atom is 0.291 e. The van der Waals surface area contributed by atoms with E-state index in [0.717, 1.165) is 11.1 Å². The van der Waals surface area contributed by atoms with Crippen molar-refractivity contribution in [3.63, 3.8) is 0 Å². The Morgan fingerprint density at radius 3 is 2.69 bits per heavy atom. The van der Waals surface area contributed by atoms with Crippen molar-refractivity contribution in [3.8, 4) is 11.5 Å². The zero-order chi connectivity index (χ0) is 22.4. The van der Waals surface area contributed by atoms with Gasteiger partial charge in [0.1, 0.15) is 30.6 Å². The highest BCUT2D eigenvalue weighted by Crippen LogP contribution is 2.32. The number of aryl methyl sites for hydroxylation is 1. The van der Waals surface area contributed by atoms with Crippen LogP contribution >= 0.6 is 0 Å². The number of carbonyl (C=O) groups is 1. The number of aromatic nitrogens is 3. The molecule has 0 radical (unpaired) electrons. The number of amides is 1. The van der Waals surface area contributed by atoms with Gasteiger partial charge < -0.3 is 19.2 Å². The van der Waals surface area contributed by atoms with Crippen LogP contribution in [-0.4, -0.2) is 33.3 Å². The van der Waals surface area contributed by atoms with Crippen LogP contribution in [0.4, 0.5) is 0 Å². The highest BCUT2D eigenvalue weighted by atomic mass is 16.6. The van der Waals surface area contributed by atoms with E-state index in [4.69, 9.17) is 13.9 Å². The highest BCUT2D eigenvalue weighted by Gasteiger charge is 2.24. The number of hydrogen-bond donors (Lipinski definition) is 1. The van der Waals surface area contributed by atoms with E-state index >= 15 is 0 Å². The number of ether oxygens (including phenoxy) is 2. The molecule has 4 heterocycles. The summed E-state index contributed by atoms with van der Waals surface area (Å²) in [4.78, 5) is 26.2. The van der Waals surface area contributed by atoms with Gasteiger partial charge in [0.2, 0.25) is 5.91 Å². The summed E-state index contributed by atoms with van der Waals surface area (Å²) in [6.07, 6.45) is 2.17. The second kappa shape index (κ2) is 7.74. The van der Waals surface area contributed by atoms with Crippen LogP contribution < -0.4 is 20.3 Å². The predicted molar refractivity (Wildman–Crippen MR) is 117 cm³/mol. The summed E-state index contributed by atoms with van der Waals surface area (Å²) >= 11 is 0.